The van der Waals surface area contributed by atoms with E-state index in [1.54, 1.807) is 13.0 Å². The largest absolute Gasteiger partial charge is 0.465 e. The molecule has 4 heterocycles. The van der Waals surface area contributed by atoms with Gasteiger partial charge >= 0.3 is 12.3 Å². The fraction of sp³-hybridized carbons (Fsp3) is 0.609. The third kappa shape index (κ3) is 3.25. The predicted molar refractivity (Wildman–Crippen MR) is 112 cm³/mol. The number of methoxy groups -OCH3 is 1. The van der Waals surface area contributed by atoms with Crippen molar-refractivity contribution in [3.63, 3.8) is 0 Å². The summed E-state index contributed by atoms with van der Waals surface area (Å²) in [6, 6.07) is 4.13. The third-order valence-electron chi connectivity index (χ3n) is 7.88. The number of nitrogens with zero attached hydrogens (tertiary/aromatic N) is 3. The van der Waals surface area contributed by atoms with Gasteiger partial charge in [-0.2, -0.15) is 18.4 Å². The van der Waals surface area contributed by atoms with Gasteiger partial charge in [0.15, 0.2) is 0 Å². The lowest BCUT2D eigenvalue weighted by atomic mass is 9.63. The first-order chi connectivity index (χ1) is 16.5. The molecule has 5 rings (SSSR count). The number of hydrogen-bond donors (Lipinski definition) is 1. The van der Waals surface area contributed by atoms with Crippen LogP contribution in [0.25, 0.3) is 0 Å². The Bertz CT molecular complexity index is 1120. The summed E-state index contributed by atoms with van der Waals surface area (Å²) in [5.74, 6) is -1.70. The number of alkyl halides is 3. The Balaban J connectivity index is 1.57. The van der Waals surface area contributed by atoms with E-state index in [0.29, 0.717) is 6.42 Å². The fourth-order valence-electron chi connectivity index (χ4n) is 6.64. The van der Waals surface area contributed by atoms with Gasteiger partial charge in [-0.25, -0.2) is 4.79 Å². The van der Waals surface area contributed by atoms with Crippen LogP contribution in [0.2, 0.25) is 0 Å². The van der Waals surface area contributed by atoms with Crippen molar-refractivity contribution in [2.45, 2.75) is 49.4 Å². The Labute approximate surface area is 198 Å². The van der Waals surface area contributed by atoms with E-state index in [9.17, 15) is 27.9 Å². The van der Waals surface area contributed by atoms with Gasteiger partial charge in [-0.05, 0) is 25.1 Å². The van der Waals surface area contributed by atoms with E-state index in [1.165, 1.54) is 23.0 Å². The SMILES string of the molecule is COCCN(C(=O)O)[C@H]1C[C@@]2(C)O[C@@]13CCO[C@H]1[C@@H]3[C@@H]2C(=O)N1c1ccc(C#N)c(C(F)(F)F)c1. The highest BCUT2D eigenvalue weighted by Gasteiger charge is 2.79. The molecule has 9 nitrogen and oxygen atoms in total. The standard InChI is InChI=1S/C23H24F3N3O6/c1-21-10-15(28(20(31)32)6-8-33-2)22(35-21)5-7-34-19-17(22)16(21)18(30)29(19)13-4-3-12(11-27)14(9-13)23(24,25)26/h3-4,9,15-17,19H,5-8,10H2,1-2H3,(H,31,32)/t15-,16+,17-,19-,21+,22-/m0/s1. The van der Waals surface area contributed by atoms with Crippen molar-refractivity contribution in [3.05, 3.63) is 29.3 Å². The highest BCUT2D eigenvalue weighted by molar-refractivity contribution is 6.00. The molecule has 4 fully saturated rings. The molecule has 0 saturated carbocycles. The van der Waals surface area contributed by atoms with Crippen LogP contribution in [0, 0.1) is 23.2 Å². The molecule has 4 aliphatic heterocycles. The molecule has 1 aromatic rings. The first-order valence-electron chi connectivity index (χ1n) is 11.2. The van der Waals surface area contributed by atoms with Gasteiger partial charge in [-0.15, -0.1) is 0 Å². The van der Waals surface area contributed by atoms with Crippen LogP contribution in [0.1, 0.15) is 30.9 Å². The summed E-state index contributed by atoms with van der Waals surface area (Å²) in [7, 11) is 1.47. The Morgan fingerprint density at radius 3 is 2.80 bits per heavy atom. The van der Waals surface area contributed by atoms with Gasteiger partial charge in [0.25, 0.3) is 0 Å². The summed E-state index contributed by atoms with van der Waals surface area (Å²) in [5, 5.41) is 19.0. The first-order valence-corrected chi connectivity index (χ1v) is 11.2. The van der Waals surface area contributed by atoms with E-state index >= 15 is 0 Å². The highest BCUT2D eigenvalue weighted by Crippen LogP contribution is 2.66. The van der Waals surface area contributed by atoms with Gasteiger partial charge in [0.1, 0.15) is 6.23 Å². The van der Waals surface area contributed by atoms with Crippen molar-refractivity contribution in [1.82, 2.24) is 4.90 Å². The van der Waals surface area contributed by atoms with E-state index in [4.69, 9.17) is 19.5 Å². The number of hydrogen-bond acceptors (Lipinski definition) is 6. The summed E-state index contributed by atoms with van der Waals surface area (Å²) < 4.78 is 58.4. The van der Waals surface area contributed by atoms with Crippen LogP contribution in [-0.2, 0) is 25.2 Å². The number of fused-ring (bicyclic) bond motifs is 2. The van der Waals surface area contributed by atoms with Gasteiger partial charge in [-0.3, -0.25) is 9.69 Å². The predicted octanol–water partition coefficient (Wildman–Crippen LogP) is 2.83. The van der Waals surface area contributed by atoms with Crippen molar-refractivity contribution in [2.75, 3.05) is 31.8 Å². The molecule has 35 heavy (non-hydrogen) atoms. The number of amides is 2. The van der Waals surface area contributed by atoms with Crippen molar-refractivity contribution in [3.8, 4) is 6.07 Å². The Hall–Kier alpha value is -2.88. The molecular formula is C23H24F3N3O6. The lowest BCUT2D eigenvalue weighted by Gasteiger charge is -2.48. The minimum atomic E-state index is -4.78. The molecule has 2 amide bonds. The smallest absolute Gasteiger partial charge is 0.417 e. The maximum absolute atomic E-state index is 13.7. The minimum Gasteiger partial charge on any atom is -0.465 e. The van der Waals surface area contributed by atoms with Crippen molar-refractivity contribution >= 4 is 17.7 Å². The fourth-order valence-corrected chi connectivity index (χ4v) is 6.64. The summed E-state index contributed by atoms with van der Waals surface area (Å²) in [5.41, 5.74) is -3.72. The second kappa shape index (κ2) is 7.81. The number of carboxylic acid groups (broad SMARTS) is 1. The minimum absolute atomic E-state index is 0.0215. The van der Waals surface area contributed by atoms with Crippen LogP contribution < -0.4 is 4.90 Å². The Morgan fingerprint density at radius 1 is 1.43 bits per heavy atom. The van der Waals surface area contributed by atoms with Crippen LogP contribution in [0.4, 0.5) is 23.7 Å². The number of halogens is 3. The van der Waals surface area contributed by atoms with Crippen LogP contribution in [-0.4, -0.2) is 72.3 Å². The monoisotopic (exact) mass is 495 g/mol. The second-order valence-electron chi connectivity index (χ2n) is 9.62. The molecule has 2 bridgehead atoms. The van der Waals surface area contributed by atoms with Gasteiger partial charge in [0, 0.05) is 32.2 Å². The number of rotatable bonds is 5. The van der Waals surface area contributed by atoms with Gasteiger partial charge in [-0.1, -0.05) is 0 Å². The topological polar surface area (TPSA) is 112 Å². The first kappa shape index (κ1) is 23.8. The molecule has 0 unspecified atom stereocenters. The summed E-state index contributed by atoms with van der Waals surface area (Å²) >= 11 is 0. The van der Waals surface area contributed by atoms with Gasteiger partial charge in [0.05, 0.1) is 59.5 Å². The molecule has 0 aromatic heterocycles. The molecule has 6 atom stereocenters. The normalized spacial score (nSPS) is 35.2. The van der Waals surface area contributed by atoms with Gasteiger partial charge in [0.2, 0.25) is 5.91 Å². The molecule has 12 heteroatoms. The average Bonchev–Trinajstić information content (AvgIpc) is 3.36. The molecule has 1 spiro atoms. The lowest BCUT2D eigenvalue weighted by Crippen LogP contribution is -2.63. The summed E-state index contributed by atoms with van der Waals surface area (Å²) in [4.78, 5) is 28.3. The van der Waals surface area contributed by atoms with Crippen LogP contribution in [0.15, 0.2) is 18.2 Å². The number of benzene rings is 1. The van der Waals surface area contributed by atoms with E-state index in [1.807, 2.05) is 0 Å². The number of nitriles is 1. The van der Waals surface area contributed by atoms with Gasteiger partial charge < -0.3 is 24.2 Å². The third-order valence-corrected chi connectivity index (χ3v) is 7.88. The molecule has 1 aromatic carbocycles. The highest BCUT2D eigenvalue weighted by atomic mass is 19.4. The maximum atomic E-state index is 13.7. The van der Waals surface area contributed by atoms with Crippen molar-refractivity contribution in [1.29, 1.82) is 5.26 Å². The number of ether oxygens (including phenoxy) is 3. The Kier molecular flexibility index (Phi) is 5.32. The molecular weight excluding hydrogens is 471 g/mol. The van der Waals surface area contributed by atoms with Crippen LogP contribution in [0.5, 0.6) is 0 Å². The Morgan fingerprint density at radius 2 is 2.17 bits per heavy atom. The summed E-state index contributed by atoms with van der Waals surface area (Å²) in [6.07, 6.45) is -6.21. The molecule has 4 saturated heterocycles. The molecule has 4 aliphatic rings. The molecule has 1 N–H and O–H groups in total. The second-order valence-corrected chi connectivity index (χ2v) is 9.62. The van der Waals surface area contributed by atoms with Crippen LogP contribution >= 0.6 is 0 Å². The van der Waals surface area contributed by atoms with E-state index in [2.05, 4.69) is 0 Å². The zero-order valence-electron chi connectivity index (χ0n) is 19.0. The van der Waals surface area contributed by atoms with Crippen molar-refractivity contribution in [2.24, 2.45) is 11.8 Å². The van der Waals surface area contributed by atoms with E-state index < -0.39 is 64.6 Å². The number of anilines is 1. The van der Waals surface area contributed by atoms with E-state index in [0.717, 1.165) is 12.1 Å². The molecule has 0 aliphatic carbocycles. The zero-order valence-corrected chi connectivity index (χ0v) is 19.0. The molecule has 188 valence electrons. The number of carbonyl (C=O) groups is 2. The quantitative estimate of drug-likeness (QED) is 0.669. The maximum Gasteiger partial charge on any atom is 0.417 e. The lowest BCUT2D eigenvalue weighted by molar-refractivity contribution is -0.153. The van der Waals surface area contributed by atoms with Crippen molar-refractivity contribution < 1.29 is 42.1 Å². The zero-order chi connectivity index (χ0) is 25.3. The summed E-state index contributed by atoms with van der Waals surface area (Å²) in [6.45, 7) is 2.19. The number of carbonyl (C=O) groups excluding carboxylic acids is 1. The van der Waals surface area contributed by atoms with E-state index in [-0.39, 0.29) is 31.9 Å². The average molecular weight is 495 g/mol. The molecule has 0 radical (unpaired) electrons. The van der Waals surface area contributed by atoms with Crippen LogP contribution in [0.3, 0.4) is 0 Å².